The summed E-state index contributed by atoms with van der Waals surface area (Å²) >= 11 is 0. The Morgan fingerprint density at radius 2 is 1.44 bits per heavy atom. The fourth-order valence-corrected chi connectivity index (χ4v) is 1.01. The molecule has 0 spiro atoms. The number of carbonyl (C=O) groups excluding carboxylic acids is 6. The lowest BCUT2D eigenvalue weighted by Crippen LogP contribution is -2.27. The van der Waals surface area contributed by atoms with Gasteiger partial charge in [-0.05, 0) is 0 Å². The van der Waals surface area contributed by atoms with E-state index in [0.717, 1.165) is 0 Å². The molecule has 0 fully saturated rings. The maximum absolute atomic E-state index is 11.3. The lowest BCUT2D eigenvalue weighted by Gasteiger charge is -2.04. The van der Waals surface area contributed by atoms with Crippen molar-refractivity contribution in [3.63, 3.8) is 0 Å². The molecule has 0 aliphatic rings. The van der Waals surface area contributed by atoms with Gasteiger partial charge in [0.25, 0.3) is 0 Å². The van der Waals surface area contributed by atoms with Crippen LogP contribution in [0, 0.1) is 5.92 Å². The summed E-state index contributed by atoms with van der Waals surface area (Å²) in [6.07, 6.45) is -0.913. The van der Waals surface area contributed by atoms with Gasteiger partial charge in [-0.15, -0.1) is 0 Å². The molecule has 1 atom stereocenters. The zero-order chi connectivity index (χ0) is 12.6. The molecule has 0 aromatic carbocycles. The lowest BCUT2D eigenvalue weighted by molar-refractivity contribution is -0.137. The summed E-state index contributed by atoms with van der Waals surface area (Å²) in [6.45, 7) is 0. The van der Waals surface area contributed by atoms with Crippen molar-refractivity contribution in [2.75, 3.05) is 0 Å². The summed E-state index contributed by atoms with van der Waals surface area (Å²) in [5.74, 6) is -3.96. The van der Waals surface area contributed by atoms with Crippen molar-refractivity contribution in [2.24, 2.45) is 5.92 Å². The van der Waals surface area contributed by atoms with Gasteiger partial charge in [0.2, 0.25) is 0 Å². The molecule has 6 nitrogen and oxygen atoms in total. The Bertz CT molecular complexity index is 330. The Morgan fingerprint density at radius 1 is 0.875 bits per heavy atom. The quantitative estimate of drug-likeness (QED) is 0.372. The van der Waals surface area contributed by atoms with Crippen LogP contribution in [-0.2, 0) is 28.8 Å². The third-order valence-electron chi connectivity index (χ3n) is 1.80. The van der Waals surface area contributed by atoms with Crippen LogP contribution in [0.4, 0.5) is 0 Å². The van der Waals surface area contributed by atoms with Crippen LogP contribution < -0.4 is 0 Å². The molecule has 0 aromatic rings. The number of Topliss-reactive ketones (excluding diaryl/α,β-unsaturated/α-hetero) is 3. The second kappa shape index (κ2) is 7.33. The van der Waals surface area contributed by atoms with E-state index in [1.165, 1.54) is 0 Å². The van der Waals surface area contributed by atoms with E-state index in [-0.39, 0.29) is 12.6 Å². The van der Waals surface area contributed by atoms with E-state index >= 15 is 0 Å². The Hall–Kier alpha value is -1.98. The molecule has 0 aliphatic heterocycles. The Kier molecular flexibility index (Phi) is 6.42. The number of carbonyl (C=O) groups is 6. The van der Waals surface area contributed by atoms with Crippen molar-refractivity contribution in [3.8, 4) is 0 Å². The standard InChI is InChI=1S/C10H10O6/c11-3-1-7(14)5-10(16)8(6-13)9(15)2-4-12/h3-4,6,8H,1-2,5H2. The van der Waals surface area contributed by atoms with Crippen LogP contribution in [0.5, 0.6) is 0 Å². The minimum atomic E-state index is -1.58. The van der Waals surface area contributed by atoms with Crippen LogP contribution in [0.2, 0.25) is 0 Å². The fraction of sp³-hybridized carbons (Fsp3) is 0.400. The fourth-order valence-electron chi connectivity index (χ4n) is 1.01. The molecule has 16 heavy (non-hydrogen) atoms. The molecule has 0 saturated carbocycles. The average Bonchev–Trinajstić information content (AvgIpc) is 2.19. The van der Waals surface area contributed by atoms with E-state index in [1.54, 1.807) is 0 Å². The normalized spacial score (nSPS) is 11.2. The minimum Gasteiger partial charge on any atom is -0.303 e. The van der Waals surface area contributed by atoms with Crippen LogP contribution in [-0.4, -0.2) is 36.2 Å². The van der Waals surface area contributed by atoms with Crippen molar-refractivity contribution in [3.05, 3.63) is 0 Å². The van der Waals surface area contributed by atoms with Gasteiger partial charge in [-0.25, -0.2) is 0 Å². The van der Waals surface area contributed by atoms with Crippen LogP contribution in [0.3, 0.4) is 0 Å². The first kappa shape index (κ1) is 14.0. The minimum absolute atomic E-state index is 0.0996. The van der Waals surface area contributed by atoms with Crippen LogP contribution in [0.15, 0.2) is 0 Å². The van der Waals surface area contributed by atoms with Crippen molar-refractivity contribution in [2.45, 2.75) is 19.3 Å². The van der Waals surface area contributed by atoms with Crippen molar-refractivity contribution >= 4 is 36.2 Å². The molecule has 0 N–H and O–H groups in total. The first-order valence-corrected chi connectivity index (χ1v) is 4.46. The second-order valence-corrected chi connectivity index (χ2v) is 3.00. The Morgan fingerprint density at radius 3 is 1.88 bits per heavy atom. The molecule has 0 radical (unpaired) electrons. The number of aldehydes is 3. The van der Waals surface area contributed by atoms with Gasteiger partial charge in [-0.3, -0.25) is 14.4 Å². The first-order chi connectivity index (χ1) is 7.56. The monoisotopic (exact) mass is 226 g/mol. The first-order valence-electron chi connectivity index (χ1n) is 4.46. The van der Waals surface area contributed by atoms with Gasteiger partial charge in [0.05, 0.1) is 19.3 Å². The van der Waals surface area contributed by atoms with E-state index in [2.05, 4.69) is 0 Å². The van der Waals surface area contributed by atoms with Crippen molar-refractivity contribution in [1.82, 2.24) is 0 Å². The van der Waals surface area contributed by atoms with E-state index in [0.29, 0.717) is 6.29 Å². The zero-order valence-corrected chi connectivity index (χ0v) is 8.38. The maximum atomic E-state index is 11.3. The van der Waals surface area contributed by atoms with Gasteiger partial charge in [0.1, 0.15) is 30.6 Å². The summed E-state index contributed by atoms with van der Waals surface area (Å²) in [7, 11) is 0. The van der Waals surface area contributed by atoms with Crippen molar-refractivity contribution in [1.29, 1.82) is 0 Å². The van der Waals surface area contributed by atoms with Crippen LogP contribution in [0.25, 0.3) is 0 Å². The summed E-state index contributed by atoms with van der Waals surface area (Å²) in [4.78, 5) is 63.7. The second-order valence-electron chi connectivity index (χ2n) is 3.00. The lowest BCUT2D eigenvalue weighted by atomic mass is 9.95. The highest BCUT2D eigenvalue weighted by Crippen LogP contribution is 2.04. The number of hydrogen-bond donors (Lipinski definition) is 0. The molecule has 0 rings (SSSR count). The molecular formula is C10H10O6. The largest absolute Gasteiger partial charge is 0.303 e. The highest BCUT2D eigenvalue weighted by molar-refractivity contribution is 6.19. The topological polar surface area (TPSA) is 102 Å². The highest BCUT2D eigenvalue weighted by atomic mass is 16.2. The van der Waals surface area contributed by atoms with Gasteiger partial charge in [0, 0.05) is 0 Å². The number of hydrogen-bond acceptors (Lipinski definition) is 6. The van der Waals surface area contributed by atoms with Gasteiger partial charge < -0.3 is 14.4 Å². The molecule has 0 heterocycles. The highest BCUT2D eigenvalue weighted by Gasteiger charge is 2.26. The van der Waals surface area contributed by atoms with Crippen LogP contribution in [0.1, 0.15) is 19.3 Å². The molecular weight excluding hydrogens is 216 g/mol. The Balaban J connectivity index is 4.47. The summed E-state index contributed by atoms with van der Waals surface area (Å²) < 4.78 is 0. The zero-order valence-electron chi connectivity index (χ0n) is 8.38. The molecule has 0 aliphatic carbocycles. The van der Waals surface area contributed by atoms with Gasteiger partial charge >= 0.3 is 0 Å². The van der Waals surface area contributed by atoms with Gasteiger partial charge in [0.15, 0.2) is 11.6 Å². The summed E-state index contributed by atoms with van der Waals surface area (Å²) in [5.41, 5.74) is 0. The third-order valence-corrected chi connectivity index (χ3v) is 1.80. The van der Waals surface area contributed by atoms with E-state index in [9.17, 15) is 28.8 Å². The predicted octanol–water partition coefficient (Wildman–Crippen LogP) is -0.923. The molecule has 0 bridgehead atoms. The third kappa shape index (κ3) is 4.50. The van der Waals surface area contributed by atoms with Gasteiger partial charge in [-0.2, -0.15) is 0 Å². The van der Waals surface area contributed by atoms with Crippen LogP contribution >= 0.6 is 0 Å². The molecule has 6 heteroatoms. The van der Waals surface area contributed by atoms with Gasteiger partial charge in [-0.1, -0.05) is 0 Å². The maximum Gasteiger partial charge on any atom is 0.157 e. The molecule has 0 saturated heterocycles. The van der Waals surface area contributed by atoms with E-state index < -0.39 is 42.5 Å². The summed E-state index contributed by atoms with van der Waals surface area (Å²) in [6, 6.07) is 0. The molecule has 0 aromatic heterocycles. The Labute approximate surface area is 91.0 Å². The van der Waals surface area contributed by atoms with Crippen molar-refractivity contribution < 1.29 is 28.8 Å². The predicted molar refractivity (Wildman–Crippen MR) is 50.6 cm³/mol. The SMILES string of the molecule is O=CCC(=O)CC(=O)C(C=O)C(=O)CC=O. The summed E-state index contributed by atoms with van der Waals surface area (Å²) in [5, 5.41) is 0. The smallest absolute Gasteiger partial charge is 0.157 e. The van der Waals surface area contributed by atoms with E-state index in [1.807, 2.05) is 0 Å². The average molecular weight is 226 g/mol. The molecule has 1 unspecified atom stereocenters. The van der Waals surface area contributed by atoms with E-state index in [4.69, 9.17) is 0 Å². The number of ketones is 3. The molecule has 86 valence electrons. The molecule has 0 amide bonds. The number of rotatable bonds is 9.